The topological polar surface area (TPSA) is 29.1 Å². The molecule has 3 aromatic rings. The largest absolute Gasteiger partial charge is 0.416 e. The van der Waals surface area contributed by atoms with E-state index in [1.165, 1.54) is 6.07 Å². The molecular weight excluding hydrogens is 432 g/mol. The van der Waals surface area contributed by atoms with Crippen LogP contribution in [-0.4, -0.2) is 5.91 Å². The number of rotatable bonds is 4. The molecule has 0 aliphatic heterocycles. The highest BCUT2D eigenvalue weighted by atomic mass is 19.4. The molecule has 32 heavy (non-hydrogen) atoms. The van der Waals surface area contributed by atoms with Gasteiger partial charge >= 0.3 is 12.4 Å². The summed E-state index contributed by atoms with van der Waals surface area (Å²) >= 11 is 0. The Balaban J connectivity index is 1.83. The minimum absolute atomic E-state index is 0.0542. The monoisotopic (exact) mass is 451 g/mol. The van der Waals surface area contributed by atoms with Gasteiger partial charge in [0.25, 0.3) is 5.91 Å². The molecule has 0 radical (unpaired) electrons. The molecular formula is C24H19F6NO. The van der Waals surface area contributed by atoms with Gasteiger partial charge in [0.2, 0.25) is 0 Å². The number of hydrogen-bond acceptors (Lipinski definition) is 1. The van der Waals surface area contributed by atoms with Gasteiger partial charge in [0.1, 0.15) is 0 Å². The lowest BCUT2D eigenvalue weighted by atomic mass is 9.99. The minimum Gasteiger partial charge on any atom is -0.348 e. The predicted molar refractivity (Wildman–Crippen MR) is 109 cm³/mol. The summed E-state index contributed by atoms with van der Waals surface area (Å²) in [5, 5.41) is 2.40. The van der Waals surface area contributed by atoms with Gasteiger partial charge in [-0.2, -0.15) is 26.3 Å². The van der Waals surface area contributed by atoms with Gasteiger partial charge in [-0.15, -0.1) is 0 Å². The van der Waals surface area contributed by atoms with E-state index in [4.69, 9.17) is 0 Å². The molecule has 8 heteroatoms. The molecule has 0 aromatic heterocycles. The Bertz CT molecular complexity index is 1100. The zero-order valence-corrected chi connectivity index (χ0v) is 17.2. The van der Waals surface area contributed by atoms with E-state index in [0.29, 0.717) is 12.1 Å². The van der Waals surface area contributed by atoms with Crippen molar-refractivity contribution >= 4 is 5.91 Å². The van der Waals surface area contributed by atoms with Crippen LogP contribution >= 0.6 is 0 Å². The molecule has 0 unspecified atom stereocenters. The predicted octanol–water partition coefficient (Wildman–Crippen LogP) is 6.94. The molecule has 0 aliphatic rings. The summed E-state index contributed by atoms with van der Waals surface area (Å²) in [4.78, 5) is 12.5. The fourth-order valence-corrected chi connectivity index (χ4v) is 3.39. The van der Waals surface area contributed by atoms with Gasteiger partial charge in [0, 0.05) is 12.1 Å². The third-order valence-corrected chi connectivity index (χ3v) is 4.78. The molecule has 0 fully saturated rings. The molecule has 168 valence electrons. The van der Waals surface area contributed by atoms with E-state index in [2.05, 4.69) is 5.32 Å². The molecule has 0 aliphatic carbocycles. The van der Waals surface area contributed by atoms with Gasteiger partial charge in [-0.3, -0.25) is 4.79 Å². The van der Waals surface area contributed by atoms with Gasteiger partial charge in [-0.05, 0) is 60.9 Å². The first kappa shape index (κ1) is 23.4. The summed E-state index contributed by atoms with van der Waals surface area (Å²) in [6, 6.07) is 13.8. The van der Waals surface area contributed by atoms with Gasteiger partial charge < -0.3 is 5.32 Å². The second-order valence-corrected chi connectivity index (χ2v) is 7.55. The molecule has 0 saturated carbocycles. The summed E-state index contributed by atoms with van der Waals surface area (Å²) < 4.78 is 78.0. The smallest absolute Gasteiger partial charge is 0.348 e. The lowest BCUT2D eigenvalue weighted by molar-refractivity contribution is -0.143. The fraction of sp³-hybridized carbons (Fsp3) is 0.208. The fourth-order valence-electron chi connectivity index (χ4n) is 3.39. The summed E-state index contributed by atoms with van der Waals surface area (Å²) in [7, 11) is 0. The van der Waals surface area contributed by atoms with Crippen LogP contribution in [-0.2, 0) is 18.9 Å². The molecule has 0 saturated heterocycles. The summed E-state index contributed by atoms with van der Waals surface area (Å²) in [5.41, 5.74) is 0.838. The van der Waals surface area contributed by atoms with Crippen LogP contribution in [0.2, 0.25) is 0 Å². The van der Waals surface area contributed by atoms with E-state index < -0.39 is 35.9 Å². The lowest BCUT2D eigenvalue weighted by Crippen LogP contribution is -2.23. The minimum atomic E-state index is -4.94. The van der Waals surface area contributed by atoms with E-state index in [9.17, 15) is 31.1 Å². The average Bonchev–Trinajstić information content (AvgIpc) is 2.70. The highest BCUT2D eigenvalue weighted by Crippen LogP contribution is 2.36. The van der Waals surface area contributed by atoms with Crippen LogP contribution in [0.25, 0.3) is 11.1 Å². The second-order valence-electron chi connectivity index (χ2n) is 7.55. The highest BCUT2D eigenvalue weighted by Gasteiger charge is 2.36. The zero-order chi connectivity index (χ0) is 23.7. The Morgan fingerprint density at radius 1 is 0.750 bits per heavy atom. The normalized spacial score (nSPS) is 12.0. The first-order valence-corrected chi connectivity index (χ1v) is 9.58. The highest BCUT2D eigenvalue weighted by molar-refractivity contribution is 5.95. The Labute approximate surface area is 180 Å². The van der Waals surface area contributed by atoms with Crippen LogP contribution < -0.4 is 5.32 Å². The van der Waals surface area contributed by atoms with Gasteiger partial charge in [-0.25, -0.2) is 0 Å². The molecule has 0 atom stereocenters. The van der Waals surface area contributed by atoms with Crippen molar-refractivity contribution in [2.75, 3.05) is 0 Å². The standard InChI is InChI=1S/C24H19F6NO/c1-14-6-15(2)8-19(7-14)17-4-3-5-18(11-17)22(32)31-13-16-9-20(23(25,26)27)12-21(10-16)24(28,29)30/h3-12H,13H2,1-2H3,(H,31,32). The van der Waals surface area contributed by atoms with Crippen LogP contribution in [0.1, 0.15) is 38.2 Å². The first-order valence-electron chi connectivity index (χ1n) is 9.58. The molecule has 0 bridgehead atoms. The van der Waals surface area contributed by atoms with Crippen molar-refractivity contribution in [1.29, 1.82) is 0 Å². The van der Waals surface area contributed by atoms with Crippen molar-refractivity contribution in [3.8, 4) is 11.1 Å². The third kappa shape index (κ3) is 5.69. The van der Waals surface area contributed by atoms with Crippen LogP contribution in [0.3, 0.4) is 0 Å². The molecule has 3 aromatic carbocycles. The number of benzene rings is 3. The number of alkyl halides is 6. The quantitative estimate of drug-likeness (QED) is 0.428. The Hall–Kier alpha value is -3.29. The van der Waals surface area contributed by atoms with E-state index in [-0.39, 0.29) is 17.2 Å². The number of carbonyl (C=O) groups excluding carboxylic acids is 1. The maximum absolute atomic E-state index is 13.0. The Morgan fingerprint density at radius 2 is 1.31 bits per heavy atom. The van der Waals surface area contributed by atoms with Crippen LogP contribution in [0.4, 0.5) is 26.3 Å². The van der Waals surface area contributed by atoms with Crippen molar-refractivity contribution < 1.29 is 31.1 Å². The van der Waals surface area contributed by atoms with Crippen LogP contribution in [0.5, 0.6) is 0 Å². The number of carbonyl (C=O) groups is 1. The van der Waals surface area contributed by atoms with E-state index >= 15 is 0 Å². The lowest BCUT2D eigenvalue weighted by Gasteiger charge is -2.15. The molecule has 0 heterocycles. The molecule has 2 nitrogen and oxygen atoms in total. The van der Waals surface area contributed by atoms with Gasteiger partial charge in [0.15, 0.2) is 0 Å². The Morgan fingerprint density at radius 3 is 1.84 bits per heavy atom. The van der Waals surface area contributed by atoms with Crippen molar-refractivity contribution in [3.63, 3.8) is 0 Å². The van der Waals surface area contributed by atoms with Gasteiger partial charge in [0.05, 0.1) is 11.1 Å². The molecule has 1 N–H and O–H groups in total. The van der Waals surface area contributed by atoms with Crippen LogP contribution in [0.15, 0.2) is 60.7 Å². The summed E-state index contributed by atoms with van der Waals surface area (Å²) in [6.45, 7) is 3.40. The first-order chi connectivity index (χ1) is 14.8. The average molecular weight is 451 g/mol. The van der Waals surface area contributed by atoms with Crippen molar-refractivity contribution in [2.24, 2.45) is 0 Å². The van der Waals surface area contributed by atoms with Gasteiger partial charge in [-0.1, -0.05) is 41.5 Å². The van der Waals surface area contributed by atoms with E-state index in [1.807, 2.05) is 38.1 Å². The number of nitrogens with one attached hydrogen (secondary N) is 1. The number of hydrogen-bond donors (Lipinski definition) is 1. The molecule has 0 spiro atoms. The van der Waals surface area contributed by atoms with E-state index in [0.717, 1.165) is 22.3 Å². The Kier molecular flexibility index (Phi) is 6.34. The number of aryl methyl sites for hydroxylation is 2. The van der Waals surface area contributed by atoms with Crippen molar-refractivity contribution in [3.05, 3.63) is 94.0 Å². The molecule has 1 amide bonds. The number of halogens is 6. The van der Waals surface area contributed by atoms with Crippen LogP contribution in [0, 0.1) is 13.8 Å². The van der Waals surface area contributed by atoms with Crippen molar-refractivity contribution in [1.82, 2.24) is 5.32 Å². The third-order valence-electron chi connectivity index (χ3n) is 4.78. The maximum atomic E-state index is 13.0. The maximum Gasteiger partial charge on any atom is 0.416 e. The SMILES string of the molecule is Cc1cc(C)cc(-c2cccc(C(=O)NCc3cc(C(F)(F)F)cc(C(F)(F)F)c3)c2)c1. The molecule has 3 rings (SSSR count). The number of amides is 1. The summed E-state index contributed by atoms with van der Waals surface area (Å²) in [5.74, 6) is -0.609. The zero-order valence-electron chi connectivity index (χ0n) is 17.2. The van der Waals surface area contributed by atoms with Crippen molar-refractivity contribution in [2.45, 2.75) is 32.7 Å². The second kappa shape index (κ2) is 8.68. The summed E-state index contributed by atoms with van der Waals surface area (Å²) in [6.07, 6.45) is -9.89. The van der Waals surface area contributed by atoms with E-state index in [1.54, 1.807) is 12.1 Å².